The Labute approximate surface area is 82.3 Å². The van der Waals surface area contributed by atoms with E-state index >= 15 is 0 Å². The van der Waals surface area contributed by atoms with Gasteiger partial charge in [0.25, 0.3) is 0 Å². The SMILES string of the molecule is CN(C)Cc1cccn1[Si](C)(C)C. The van der Waals surface area contributed by atoms with E-state index in [0.29, 0.717) is 0 Å². The van der Waals surface area contributed by atoms with Crippen LogP contribution in [0.4, 0.5) is 0 Å². The van der Waals surface area contributed by atoms with Crippen LogP contribution in [-0.4, -0.2) is 31.5 Å². The molecule has 0 atom stereocenters. The van der Waals surface area contributed by atoms with Gasteiger partial charge in [0.15, 0.2) is 8.24 Å². The molecule has 13 heavy (non-hydrogen) atoms. The molecular weight excluding hydrogens is 176 g/mol. The topological polar surface area (TPSA) is 8.17 Å². The highest BCUT2D eigenvalue weighted by molar-refractivity contribution is 6.74. The largest absolute Gasteiger partial charge is 0.377 e. The molecule has 0 saturated carbocycles. The Morgan fingerprint density at radius 1 is 1.31 bits per heavy atom. The summed E-state index contributed by atoms with van der Waals surface area (Å²) in [6, 6.07) is 4.37. The minimum atomic E-state index is -1.20. The molecule has 0 spiro atoms. The molecule has 1 heterocycles. The Bertz CT molecular complexity index is 271. The molecule has 0 amide bonds. The molecule has 1 aromatic rings. The molecule has 0 aromatic carbocycles. The summed E-state index contributed by atoms with van der Waals surface area (Å²) in [5.74, 6) is 0. The third kappa shape index (κ3) is 2.71. The molecule has 0 radical (unpaired) electrons. The van der Waals surface area contributed by atoms with E-state index in [9.17, 15) is 0 Å². The van der Waals surface area contributed by atoms with Crippen LogP contribution in [-0.2, 0) is 6.54 Å². The third-order valence-electron chi connectivity index (χ3n) is 2.03. The van der Waals surface area contributed by atoms with Crippen molar-refractivity contribution < 1.29 is 0 Å². The summed E-state index contributed by atoms with van der Waals surface area (Å²) in [5, 5.41) is 0. The van der Waals surface area contributed by atoms with Gasteiger partial charge in [-0.25, -0.2) is 0 Å². The second kappa shape index (κ2) is 3.68. The third-order valence-corrected chi connectivity index (χ3v) is 3.92. The Balaban J connectivity index is 2.90. The number of nitrogens with zero attached hydrogens (tertiary/aromatic N) is 2. The lowest BCUT2D eigenvalue weighted by Crippen LogP contribution is -2.33. The zero-order valence-electron chi connectivity index (χ0n) is 9.33. The average molecular weight is 196 g/mol. The van der Waals surface area contributed by atoms with Crippen molar-refractivity contribution in [2.24, 2.45) is 0 Å². The highest BCUT2D eigenvalue weighted by atomic mass is 28.3. The fraction of sp³-hybridized carbons (Fsp3) is 0.600. The molecule has 3 heteroatoms. The smallest absolute Gasteiger partial charge is 0.152 e. The lowest BCUT2D eigenvalue weighted by Gasteiger charge is -2.23. The van der Waals surface area contributed by atoms with Crippen molar-refractivity contribution in [2.75, 3.05) is 14.1 Å². The second-order valence-corrected chi connectivity index (χ2v) is 9.60. The fourth-order valence-electron chi connectivity index (χ4n) is 1.52. The van der Waals surface area contributed by atoms with Crippen LogP contribution < -0.4 is 0 Å². The number of hydrogen-bond donors (Lipinski definition) is 0. The van der Waals surface area contributed by atoms with Gasteiger partial charge in [0, 0.05) is 12.2 Å². The van der Waals surface area contributed by atoms with Crippen LogP contribution in [0, 0.1) is 0 Å². The zero-order chi connectivity index (χ0) is 10.1. The molecule has 1 rings (SSSR count). The molecule has 0 saturated heterocycles. The molecule has 0 unspecified atom stereocenters. The van der Waals surface area contributed by atoms with Gasteiger partial charge >= 0.3 is 0 Å². The molecular formula is C10H20N2Si. The van der Waals surface area contributed by atoms with Crippen LogP contribution in [0.5, 0.6) is 0 Å². The molecule has 1 aromatic heterocycles. The minimum Gasteiger partial charge on any atom is -0.377 e. The lowest BCUT2D eigenvalue weighted by molar-refractivity contribution is 0.395. The molecule has 0 N–H and O–H groups in total. The summed E-state index contributed by atoms with van der Waals surface area (Å²) in [4.78, 5) is 2.21. The van der Waals surface area contributed by atoms with Crippen LogP contribution in [0.15, 0.2) is 18.3 Å². The summed E-state index contributed by atoms with van der Waals surface area (Å²) >= 11 is 0. The van der Waals surface area contributed by atoms with Crippen molar-refractivity contribution in [3.63, 3.8) is 0 Å². The van der Waals surface area contributed by atoms with Gasteiger partial charge in [-0.3, -0.25) is 0 Å². The normalized spacial score (nSPS) is 12.5. The van der Waals surface area contributed by atoms with Crippen molar-refractivity contribution in [1.82, 2.24) is 9.13 Å². The van der Waals surface area contributed by atoms with Gasteiger partial charge in [-0.05, 0) is 32.4 Å². The van der Waals surface area contributed by atoms with Crippen LogP contribution in [0.3, 0.4) is 0 Å². The number of aromatic nitrogens is 1. The Hall–Kier alpha value is -0.543. The quantitative estimate of drug-likeness (QED) is 0.673. The molecule has 74 valence electrons. The predicted octanol–water partition coefficient (Wildman–Crippen LogP) is 2.23. The summed E-state index contributed by atoms with van der Waals surface area (Å²) < 4.78 is 2.47. The van der Waals surface area contributed by atoms with E-state index in [0.717, 1.165) is 6.54 Å². The fourth-order valence-corrected chi connectivity index (χ4v) is 3.06. The van der Waals surface area contributed by atoms with E-state index in [-0.39, 0.29) is 0 Å². The monoisotopic (exact) mass is 196 g/mol. The van der Waals surface area contributed by atoms with E-state index < -0.39 is 8.24 Å². The zero-order valence-corrected chi connectivity index (χ0v) is 10.3. The van der Waals surface area contributed by atoms with Crippen molar-refractivity contribution in [3.8, 4) is 0 Å². The molecule has 2 nitrogen and oxygen atoms in total. The van der Waals surface area contributed by atoms with Gasteiger partial charge in [-0.2, -0.15) is 0 Å². The molecule has 0 aliphatic carbocycles. The first-order chi connectivity index (χ1) is 5.91. The van der Waals surface area contributed by atoms with E-state index in [2.05, 4.69) is 61.2 Å². The van der Waals surface area contributed by atoms with Crippen molar-refractivity contribution >= 4 is 8.24 Å². The summed E-state index contributed by atoms with van der Waals surface area (Å²) in [6.45, 7) is 8.14. The van der Waals surface area contributed by atoms with Gasteiger partial charge < -0.3 is 9.13 Å². The minimum absolute atomic E-state index is 1.04. The van der Waals surface area contributed by atoms with E-state index in [1.165, 1.54) is 5.69 Å². The van der Waals surface area contributed by atoms with Crippen LogP contribution >= 0.6 is 0 Å². The lowest BCUT2D eigenvalue weighted by atomic mass is 10.4. The Morgan fingerprint density at radius 2 is 1.92 bits per heavy atom. The van der Waals surface area contributed by atoms with Crippen LogP contribution in [0.2, 0.25) is 19.6 Å². The maximum Gasteiger partial charge on any atom is 0.152 e. The first kappa shape index (κ1) is 10.5. The molecule has 0 bridgehead atoms. The predicted molar refractivity (Wildman–Crippen MR) is 60.6 cm³/mol. The highest BCUT2D eigenvalue weighted by Crippen LogP contribution is 2.12. The molecule has 0 aliphatic heterocycles. The summed E-state index contributed by atoms with van der Waals surface area (Å²) in [6.07, 6.45) is 2.21. The van der Waals surface area contributed by atoms with Crippen LogP contribution in [0.25, 0.3) is 0 Å². The van der Waals surface area contributed by atoms with Crippen molar-refractivity contribution in [3.05, 3.63) is 24.0 Å². The van der Waals surface area contributed by atoms with Crippen molar-refractivity contribution in [1.29, 1.82) is 0 Å². The summed E-state index contributed by atoms with van der Waals surface area (Å²) in [7, 11) is 3.02. The van der Waals surface area contributed by atoms with Crippen LogP contribution in [0.1, 0.15) is 5.69 Å². The van der Waals surface area contributed by atoms with E-state index in [1.54, 1.807) is 0 Å². The van der Waals surface area contributed by atoms with Crippen molar-refractivity contribution in [2.45, 2.75) is 26.2 Å². The maximum atomic E-state index is 2.47. The van der Waals surface area contributed by atoms with Gasteiger partial charge in [0.2, 0.25) is 0 Å². The summed E-state index contributed by atoms with van der Waals surface area (Å²) in [5.41, 5.74) is 1.43. The number of rotatable bonds is 3. The Morgan fingerprint density at radius 3 is 2.38 bits per heavy atom. The Kier molecular flexibility index (Phi) is 2.98. The highest BCUT2D eigenvalue weighted by Gasteiger charge is 2.18. The van der Waals surface area contributed by atoms with E-state index in [4.69, 9.17) is 0 Å². The standard InChI is InChI=1S/C10H20N2Si/c1-11(2)9-10-7-6-8-12(10)13(3,4)5/h6-8H,9H2,1-5H3. The molecule has 0 aliphatic rings. The van der Waals surface area contributed by atoms with E-state index in [1.807, 2.05) is 0 Å². The second-order valence-electron chi connectivity index (χ2n) is 4.78. The maximum absolute atomic E-state index is 2.47. The number of hydrogen-bond acceptors (Lipinski definition) is 1. The van der Waals surface area contributed by atoms with Gasteiger partial charge in [-0.15, -0.1) is 0 Å². The van der Waals surface area contributed by atoms with Gasteiger partial charge in [-0.1, -0.05) is 19.6 Å². The first-order valence-electron chi connectivity index (χ1n) is 4.72. The average Bonchev–Trinajstić information content (AvgIpc) is 2.31. The van der Waals surface area contributed by atoms with Gasteiger partial charge in [0.05, 0.1) is 0 Å². The van der Waals surface area contributed by atoms with Gasteiger partial charge in [0.1, 0.15) is 0 Å². The molecule has 0 fully saturated rings. The first-order valence-corrected chi connectivity index (χ1v) is 8.17.